The van der Waals surface area contributed by atoms with E-state index in [-0.39, 0.29) is 6.61 Å². The highest BCUT2D eigenvalue weighted by molar-refractivity contribution is 7.92. The van der Waals surface area contributed by atoms with Crippen molar-refractivity contribution in [3.8, 4) is 5.75 Å². The number of fused-ring (bicyclic) bond motifs is 3. The van der Waals surface area contributed by atoms with Crippen LogP contribution in [0.5, 0.6) is 5.75 Å². The standard InChI is InChI=1S/C27H34N2O5S/c1-3-4-8-21(14-15-33-2)35(31,32)25-13-11-19-7-5-6-9-22(19)27(25)17-29-23-16-20(26(28)30)10-12-24(23)34-18-27/h3,5-7,9-10,12,16,21,25,29H,1,4,8,11,13-15,17-18H2,2H3,(H2,28,30)/t21-,25?,27?/m0/s1. The zero-order valence-electron chi connectivity index (χ0n) is 20.2. The number of nitrogens with two attached hydrogens (primary N) is 1. The van der Waals surface area contributed by atoms with Crippen molar-refractivity contribution < 1.29 is 22.7 Å². The SMILES string of the molecule is C=CCC[C@@H](CCOC)S(=O)(=O)C1CCc2ccccc2C12CNc1cc(C(N)=O)ccc1OC2. The van der Waals surface area contributed by atoms with Gasteiger partial charge in [-0.3, -0.25) is 4.79 Å². The quantitative estimate of drug-likeness (QED) is 0.511. The molecule has 2 aromatic carbocycles. The van der Waals surface area contributed by atoms with Crippen LogP contribution < -0.4 is 15.8 Å². The van der Waals surface area contributed by atoms with Crippen molar-refractivity contribution in [1.29, 1.82) is 0 Å². The van der Waals surface area contributed by atoms with Crippen LogP contribution in [0.15, 0.2) is 55.1 Å². The average molecular weight is 499 g/mol. The minimum Gasteiger partial charge on any atom is -0.490 e. The fourth-order valence-electron chi connectivity index (χ4n) is 5.53. The van der Waals surface area contributed by atoms with Gasteiger partial charge in [0.15, 0.2) is 9.84 Å². The van der Waals surface area contributed by atoms with Gasteiger partial charge >= 0.3 is 0 Å². The largest absolute Gasteiger partial charge is 0.490 e. The van der Waals surface area contributed by atoms with Gasteiger partial charge in [-0.25, -0.2) is 8.42 Å². The van der Waals surface area contributed by atoms with Gasteiger partial charge in [0, 0.05) is 25.8 Å². The molecule has 2 unspecified atom stereocenters. The number of hydrogen-bond donors (Lipinski definition) is 2. The van der Waals surface area contributed by atoms with Crippen molar-refractivity contribution in [3.05, 3.63) is 71.8 Å². The van der Waals surface area contributed by atoms with E-state index in [9.17, 15) is 13.2 Å². The molecule has 35 heavy (non-hydrogen) atoms. The molecule has 0 radical (unpaired) electrons. The third-order valence-corrected chi connectivity index (χ3v) is 10.3. The molecule has 1 heterocycles. The molecule has 188 valence electrons. The second-order valence-electron chi connectivity index (χ2n) is 9.42. The summed E-state index contributed by atoms with van der Waals surface area (Å²) in [4.78, 5) is 11.7. The molecule has 0 saturated heterocycles. The normalized spacial score (nSPS) is 22.1. The molecule has 0 bridgehead atoms. The van der Waals surface area contributed by atoms with Gasteiger partial charge in [0.05, 0.1) is 21.6 Å². The van der Waals surface area contributed by atoms with Gasteiger partial charge in [-0.1, -0.05) is 30.3 Å². The Morgan fingerprint density at radius 2 is 2.11 bits per heavy atom. The number of carbonyl (C=O) groups is 1. The minimum absolute atomic E-state index is 0.211. The lowest BCUT2D eigenvalue weighted by Crippen LogP contribution is -2.56. The van der Waals surface area contributed by atoms with E-state index in [2.05, 4.69) is 18.0 Å². The summed E-state index contributed by atoms with van der Waals surface area (Å²) in [6, 6.07) is 13.1. The number of carbonyl (C=O) groups excluding carboxylic acids is 1. The molecule has 0 fully saturated rings. The van der Waals surface area contributed by atoms with Gasteiger partial charge in [-0.05, 0) is 61.4 Å². The lowest BCUT2D eigenvalue weighted by atomic mass is 9.70. The van der Waals surface area contributed by atoms with Crippen LogP contribution in [0.1, 0.15) is 47.2 Å². The Labute approximate surface area is 207 Å². The number of nitrogens with one attached hydrogen (secondary N) is 1. The molecule has 1 aliphatic carbocycles. The maximum atomic E-state index is 14.3. The number of aryl methyl sites for hydroxylation is 1. The number of methoxy groups -OCH3 is 1. The Kier molecular flexibility index (Phi) is 7.52. The molecule has 1 amide bonds. The summed E-state index contributed by atoms with van der Waals surface area (Å²) in [7, 11) is -1.97. The monoisotopic (exact) mass is 498 g/mol. The first-order chi connectivity index (χ1) is 16.8. The Bertz CT molecular complexity index is 1200. The Morgan fingerprint density at radius 3 is 2.86 bits per heavy atom. The van der Waals surface area contributed by atoms with Crippen molar-refractivity contribution in [3.63, 3.8) is 0 Å². The molecule has 3 N–H and O–H groups in total. The third kappa shape index (κ3) is 4.82. The maximum absolute atomic E-state index is 14.3. The maximum Gasteiger partial charge on any atom is 0.248 e. The number of rotatable bonds is 9. The summed E-state index contributed by atoms with van der Waals surface area (Å²) < 4.78 is 40.1. The van der Waals surface area contributed by atoms with Gasteiger partial charge in [-0.2, -0.15) is 0 Å². The van der Waals surface area contributed by atoms with Crippen LogP contribution in [0, 0.1) is 0 Å². The van der Waals surface area contributed by atoms with E-state index in [1.54, 1.807) is 31.4 Å². The second kappa shape index (κ2) is 10.4. The van der Waals surface area contributed by atoms with Gasteiger partial charge in [0.2, 0.25) is 5.91 Å². The first kappa shape index (κ1) is 25.3. The Balaban J connectivity index is 1.78. The van der Waals surface area contributed by atoms with Crippen LogP contribution in [-0.2, 0) is 26.4 Å². The summed E-state index contributed by atoms with van der Waals surface area (Å²) in [5.41, 5.74) is 7.84. The lowest BCUT2D eigenvalue weighted by Gasteiger charge is -2.45. The fraction of sp³-hybridized carbons (Fsp3) is 0.444. The molecule has 0 saturated carbocycles. The fourth-order valence-corrected chi connectivity index (χ4v) is 8.24. The third-order valence-electron chi connectivity index (χ3n) is 7.39. The van der Waals surface area contributed by atoms with Crippen molar-refractivity contribution in [2.75, 3.05) is 32.2 Å². The predicted octanol–water partition coefficient (Wildman–Crippen LogP) is 3.63. The number of amides is 1. The number of anilines is 1. The van der Waals surface area contributed by atoms with Crippen molar-refractivity contribution in [2.24, 2.45) is 5.73 Å². The molecule has 0 aromatic heterocycles. The van der Waals surface area contributed by atoms with Crippen LogP contribution in [0.2, 0.25) is 0 Å². The molecule has 4 rings (SSSR count). The molecule has 2 aromatic rings. The van der Waals surface area contributed by atoms with Crippen LogP contribution in [0.4, 0.5) is 5.69 Å². The summed E-state index contributed by atoms with van der Waals surface area (Å²) in [6.07, 6.45) is 4.56. The number of primary amides is 1. The van der Waals surface area contributed by atoms with Gasteiger partial charge in [0.1, 0.15) is 12.4 Å². The lowest BCUT2D eigenvalue weighted by molar-refractivity contribution is 0.1000. The summed E-state index contributed by atoms with van der Waals surface area (Å²) in [5.74, 6) is 0.0499. The van der Waals surface area contributed by atoms with E-state index in [1.807, 2.05) is 18.2 Å². The number of sulfone groups is 1. The molecule has 2 aliphatic rings. The highest BCUT2D eigenvalue weighted by Gasteiger charge is 2.53. The van der Waals surface area contributed by atoms with E-state index >= 15 is 0 Å². The molecule has 1 spiro atoms. The topological polar surface area (TPSA) is 108 Å². The average Bonchev–Trinajstić information content (AvgIpc) is 3.04. The number of ether oxygens (including phenoxy) is 2. The predicted molar refractivity (Wildman–Crippen MR) is 138 cm³/mol. The Morgan fingerprint density at radius 1 is 1.31 bits per heavy atom. The smallest absolute Gasteiger partial charge is 0.248 e. The highest BCUT2D eigenvalue weighted by Crippen LogP contribution is 2.46. The zero-order valence-corrected chi connectivity index (χ0v) is 21.0. The molecule has 1 aliphatic heterocycles. The zero-order chi connectivity index (χ0) is 25.1. The van der Waals surface area contributed by atoms with E-state index in [1.165, 1.54) is 0 Å². The minimum atomic E-state index is -3.57. The van der Waals surface area contributed by atoms with Crippen LogP contribution in [-0.4, -0.2) is 51.7 Å². The molecular formula is C27H34N2O5S. The Hall–Kier alpha value is -2.84. The van der Waals surface area contributed by atoms with Crippen molar-refractivity contribution in [2.45, 2.75) is 48.0 Å². The van der Waals surface area contributed by atoms with E-state index < -0.39 is 31.7 Å². The van der Waals surface area contributed by atoms with Crippen LogP contribution >= 0.6 is 0 Å². The molecule has 3 atom stereocenters. The van der Waals surface area contributed by atoms with Gasteiger partial charge in [-0.15, -0.1) is 6.58 Å². The number of benzene rings is 2. The molecular weight excluding hydrogens is 464 g/mol. The summed E-state index contributed by atoms with van der Waals surface area (Å²) >= 11 is 0. The van der Waals surface area contributed by atoms with Gasteiger partial charge in [0.25, 0.3) is 0 Å². The summed E-state index contributed by atoms with van der Waals surface area (Å²) in [6.45, 7) is 4.74. The van der Waals surface area contributed by atoms with Crippen molar-refractivity contribution >= 4 is 21.4 Å². The number of allylic oxidation sites excluding steroid dienone is 1. The van der Waals surface area contributed by atoms with Crippen LogP contribution in [0.3, 0.4) is 0 Å². The molecule has 8 heteroatoms. The second-order valence-corrected chi connectivity index (χ2v) is 11.8. The van der Waals surface area contributed by atoms with E-state index in [0.717, 1.165) is 11.1 Å². The van der Waals surface area contributed by atoms with Crippen molar-refractivity contribution in [1.82, 2.24) is 0 Å². The molecule has 7 nitrogen and oxygen atoms in total. The van der Waals surface area contributed by atoms with E-state index in [0.29, 0.717) is 62.3 Å². The highest BCUT2D eigenvalue weighted by atomic mass is 32.2. The van der Waals surface area contributed by atoms with E-state index in [4.69, 9.17) is 15.2 Å². The van der Waals surface area contributed by atoms with Gasteiger partial charge < -0.3 is 20.5 Å². The first-order valence-corrected chi connectivity index (χ1v) is 13.7. The first-order valence-electron chi connectivity index (χ1n) is 12.0. The summed E-state index contributed by atoms with van der Waals surface area (Å²) in [5, 5.41) is 2.25. The van der Waals surface area contributed by atoms with Crippen LogP contribution in [0.25, 0.3) is 0 Å². The number of hydrogen-bond acceptors (Lipinski definition) is 6.